The third-order valence-electron chi connectivity index (χ3n) is 3.49. The highest BCUT2D eigenvalue weighted by Gasteiger charge is 2.02. The Balaban J connectivity index is 1.67. The zero-order chi connectivity index (χ0) is 15.6. The summed E-state index contributed by atoms with van der Waals surface area (Å²) in [7, 11) is 3.40. The molecule has 0 radical (unpaired) electrons. The molecule has 0 aliphatic heterocycles. The van der Waals surface area contributed by atoms with Gasteiger partial charge in [-0.25, -0.2) is 0 Å². The maximum atomic E-state index is 5.34. The van der Waals surface area contributed by atoms with Crippen LogP contribution in [-0.2, 0) is 13.1 Å². The van der Waals surface area contributed by atoms with Crippen LogP contribution in [0.3, 0.4) is 0 Å². The SMILES string of the molecule is COc1ccccc1CNCCNCc1ccccc1OC. The van der Waals surface area contributed by atoms with Gasteiger partial charge in [-0.05, 0) is 12.1 Å². The molecule has 0 fully saturated rings. The molecule has 0 heterocycles. The maximum absolute atomic E-state index is 5.34. The fourth-order valence-corrected chi connectivity index (χ4v) is 2.32. The Morgan fingerprint density at radius 1 is 0.682 bits per heavy atom. The van der Waals surface area contributed by atoms with Gasteiger partial charge in [-0.2, -0.15) is 0 Å². The van der Waals surface area contributed by atoms with E-state index in [4.69, 9.17) is 9.47 Å². The van der Waals surface area contributed by atoms with Crippen LogP contribution in [0.2, 0.25) is 0 Å². The molecule has 0 bridgehead atoms. The molecule has 118 valence electrons. The summed E-state index contributed by atoms with van der Waals surface area (Å²) in [5.41, 5.74) is 2.35. The van der Waals surface area contributed by atoms with Gasteiger partial charge in [-0.1, -0.05) is 36.4 Å². The van der Waals surface area contributed by atoms with E-state index in [0.717, 1.165) is 37.7 Å². The number of hydrogen-bond acceptors (Lipinski definition) is 4. The van der Waals surface area contributed by atoms with E-state index in [-0.39, 0.29) is 0 Å². The van der Waals surface area contributed by atoms with Crippen LogP contribution in [0.25, 0.3) is 0 Å². The van der Waals surface area contributed by atoms with Crippen LogP contribution < -0.4 is 20.1 Å². The van der Waals surface area contributed by atoms with Crippen molar-refractivity contribution >= 4 is 0 Å². The Morgan fingerprint density at radius 2 is 1.09 bits per heavy atom. The molecule has 0 saturated carbocycles. The summed E-state index contributed by atoms with van der Waals surface area (Å²) in [5.74, 6) is 1.86. The molecular weight excluding hydrogens is 276 g/mol. The van der Waals surface area contributed by atoms with E-state index in [1.54, 1.807) is 14.2 Å². The van der Waals surface area contributed by atoms with Gasteiger partial charge in [0, 0.05) is 37.3 Å². The highest BCUT2D eigenvalue weighted by atomic mass is 16.5. The van der Waals surface area contributed by atoms with Crippen molar-refractivity contribution in [3.8, 4) is 11.5 Å². The van der Waals surface area contributed by atoms with Gasteiger partial charge in [0.1, 0.15) is 11.5 Å². The van der Waals surface area contributed by atoms with E-state index in [9.17, 15) is 0 Å². The number of benzene rings is 2. The second-order valence-electron chi connectivity index (χ2n) is 4.98. The van der Waals surface area contributed by atoms with Crippen molar-refractivity contribution in [3.63, 3.8) is 0 Å². The van der Waals surface area contributed by atoms with Crippen LogP contribution in [0, 0.1) is 0 Å². The normalized spacial score (nSPS) is 10.5. The molecule has 0 unspecified atom stereocenters. The van der Waals surface area contributed by atoms with Gasteiger partial charge >= 0.3 is 0 Å². The van der Waals surface area contributed by atoms with Gasteiger partial charge in [0.15, 0.2) is 0 Å². The van der Waals surface area contributed by atoms with Crippen molar-refractivity contribution in [1.29, 1.82) is 0 Å². The molecule has 4 nitrogen and oxygen atoms in total. The van der Waals surface area contributed by atoms with E-state index in [0.29, 0.717) is 0 Å². The number of nitrogens with one attached hydrogen (secondary N) is 2. The van der Waals surface area contributed by atoms with Gasteiger partial charge < -0.3 is 20.1 Å². The molecule has 0 atom stereocenters. The fraction of sp³-hybridized carbons (Fsp3) is 0.333. The molecule has 22 heavy (non-hydrogen) atoms. The molecule has 2 rings (SSSR count). The maximum Gasteiger partial charge on any atom is 0.123 e. The molecule has 0 saturated heterocycles. The van der Waals surface area contributed by atoms with Crippen LogP contribution in [-0.4, -0.2) is 27.3 Å². The van der Waals surface area contributed by atoms with Gasteiger partial charge in [0.05, 0.1) is 14.2 Å². The van der Waals surface area contributed by atoms with Crippen LogP contribution in [0.15, 0.2) is 48.5 Å². The smallest absolute Gasteiger partial charge is 0.123 e. The van der Waals surface area contributed by atoms with Crippen molar-refractivity contribution in [1.82, 2.24) is 10.6 Å². The lowest BCUT2D eigenvalue weighted by molar-refractivity contribution is 0.406. The number of hydrogen-bond donors (Lipinski definition) is 2. The summed E-state index contributed by atoms with van der Waals surface area (Å²) < 4.78 is 10.7. The molecular formula is C18H24N2O2. The third kappa shape index (κ3) is 4.76. The summed E-state index contributed by atoms with van der Waals surface area (Å²) in [4.78, 5) is 0. The van der Waals surface area contributed by atoms with E-state index >= 15 is 0 Å². The molecule has 0 spiro atoms. The van der Waals surface area contributed by atoms with Crippen molar-refractivity contribution in [3.05, 3.63) is 59.7 Å². The Hall–Kier alpha value is -2.04. The molecule has 2 aromatic rings. The molecule has 2 aromatic carbocycles. The second kappa shape index (κ2) is 9.07. The minimum absolute atomic E-state index is 0.806. The van der Waals surface area contributed by atoms with Gasteiger partial charge in [-0.3, -0.25) is 0 Å². The van der Waals surface area contributed by atoms with Gasteiger partial charge in [-0.15, -0.1) is 0 Å². The Morgan fingerprint density at radius 3 is 1.50 bits per heavy atom. The first-order chi connectivity index (χ1) is 10.8. The number of para-hydroxylation sites is 2. The zero-order valence-electron chi connectivity index (χ0n) is 13.3. The predicted octanol–water partition coefficient (Wildman–Crippen LogP) is 2.58. The van der Waals surface area contributed by atoms with E-state index < -0.39 is 0 Å². The average molecular weight is 300 g/mol. The molecule has 0 aliphatic carbocycles. The largest absolute Gasteiger partial charge is 0.496 e. The lowest BCUT2D eigenvalue weighted by Crippen LogP contribution is -2.27. The number of ether oxygens (including phenoxy) is 2. The predicted molar refractivity (Wildman–Crippen MR) is 89.4 cm³/mol. The summed E-state index contributed by atoms with van der Waals surface area (Å²) in [6.07, 6.45) is 0. The summed E-state index contributed by atoms with van der Waals surface area (Å²) >= 11 is 0. The third-order valence-corrected chi connectivity index (χ3v) is 3.49. The van der Waals surface area contributed by atoms with Gasteiger partial charge in [0.25, 0.3) is 0 Å². The number of rotatable bonds is 9. The minimum atomic E-state index is 0.806. The lowest BCUT2D eigenvalue weighted by Gasteiger charge is -2.11. The van der Waals surface area contributed by atoms with Crippen molar-refractivity contribution in [2.24, 2.45) is 0 Å². The second-order valence-corrected chi connectivity index (χ2v) is 4.98. The van der Waals surface area contributed by atoms with Gasteiger partial charge in [0.2, 0.25) is 0 Å². The molecule has 2 N–H and O–H groups in total. The summed E-state index contributed by atoms with van der Waals surface area (Å²) in [6, 6.07) is 16.1. The summed E-state index contributed by atoms with van der Waals surface area (Å²) in [5, 5.41) is 6.84. The van der Waals surface area contributed by atoms with Crippen LogP contribution in [0.4, 0.5) is 0 Å². The molecule has 4 heteroatoms. The first kappa shape index (κ1) is 16.3. The molecule has 0 aromatic heterocycles. The van der Waals surface area contributed by atoms with Crippen LogP contribution in [0.5, 0.6) is 11.5 Å². The Kier molecular flexibility index (Phi) is 6.74. The lowest BCUT2D eigenvalue weighted by atomic mass is 10.2. The monoisotopic (exact) mass is 300 g/mol. The van der Waals surface area contributed by atoms with E-state index in [2.05, 4.69) is 22.8 Å². The highest BCUT2D eigenvalue weighted by molar-refractivity contribution is 5.33. The van der Waals surface area contributed by atoms with Crippen molar-refractivity contribution < 1.29 is 9.47 Å². The van der Waals surface area contributed by atoms with Crippen molar-refractivity contribution in [2.45, 2.75) is 13.1 Å². The first-order valence-corrected chi connectivity index (χ1v) is 7.50. The van der Waals surface area contributed by atoms with Crippen LogP contribution >= 0.6 is 0 Å². The Labute approximate surface area is 132 Å². The number of methoxy groups -OCH3 is 2. The average Bonchev–Trinajstić information content (AvgIpc) is 2.58. The molecule has 0 aliphatic rings. The summed E-state index contributed by atoms with van der Waals surface area (Å²) in [6.45, 7) is 3.40. The van der Waals surface area contributed by atoms with E-state index in [1.807, 2.05) is 36.4 Å². The highest BCUT2D eigenvalue weighted by Crippen LogP contribution is 2.17. The van der Waals surface area contributed by atoms with Crippen LogP contribution in [0.1, 0.15) is 11.1 Å². The standard InChI is InChI=1S/C18H24N2O2/c1-21-17-9-5-3-7-15(17)13-19-11-12-20-14-16-8-4-6-10-18(16)22-2/h3-10,19-20H,11-14H2,1-2H3. The topological polar surface area (TPSA) is 42.5 Å². The Bertz CT molecular complexity index is 521. The van der Waals surface area contributed by atoms with Crippen molar-refractivity contribution in [2.75, 3.05) is 27.3 Å². The fourth-order valence-electron chi connectivity index (χ4n) is 2.32. The first-order valence-electron chi connectivity index (χ1n) is 7.50. The molecule has 0 amide bonds. The van der Waals surface area contributed by atoms with E-state index in [1.165, 1.54) is 11.1 Å². The minimum Gasteiger partial charge on any atom is -0.496 e. The zero-order valence-corrected chi connectivity index (χ0v) is 13.3. The quantitative estimate of drug-likeness (QED) is 0.699.